The third-order valence-electron chi connectivity index (χ3n) is 5.08. The van der Waals surface area contributed by atoms with Crippen LogP contribution in [0.15, 0.2) is 24.3 Å². The standard InChI is InChI=1S/C19H25N3S/c1-14(2)22-12-9-17-18(13-22)23-19(20-17)15-5-7-16(8-6-15)21-10-3-4-11-21/h5-8,14H,3-4,9-13H2,1-2H3. The summed E-state index contributed by atoms with van der Waals surface area (Å²) in [5, 5.41) is 1.19. The molecule has 4 rings (SSSR count). The summed E-state index contributed by atoms with van der Waals surface area (Å²) in [6.07, 6.45) is 3.75. The topological polar surface area (TPSA) is 19.4 Å². The van der Waals surface area contributed by atoms with Crippen molar-refractivity contribution < 1.29 is 0 Å². The van der Waals surface area contributed by atoms with Gasteiger partial charge in [0, 0.05) is 54.8 Å². The number of thiazole rings is 1. The van der Waals surface area contributed by atoms with Gasteiger partial charge in [-0.05, 0) is 51.0 Å². The molecule has 0 bridgehead atoms. The van der Waals surface area contributed by atoms with Crippen LogP contribution < -0.4 is 4.90 Å². The average Bonchev–Trinajstić information content (AvgIpc) is 3.23. The van der Waals surface area contributed by atoms with Crippen LogP contribution in [-0.2, 0) is 13.0 Å². The number of aromatic nitrogens is 1. The highest BCUT2D eigenvalue weighted by Gasteiger charge is 2.22. The van der Waals surface area contributed by atoms with Crippen LogP contribution in [0.5, 0.6) is 0 Å². The van der Waals surface area contributed by atoms with Gasteiger partial charge in [-0.1, -0.05) is 0 Å². The van der Waals surface area contributed by atoms with E-state index in [0.29, 0.717) is 6.04 Å². The molecule has 0 unspecified atom stereocenters. The van der Waals surface area contributed by atoms with Gasteiger partial charge < -0.3 is 4.90 Å². The molecule has 1 aromatic carbocycles. The van der Waals surface area contributed by atoms with Crippen molar-refractivity contribution in [3.05, 3.63) is 34.8 Å². The predicted octanol–water partition coefficient (Wildman–Crippen LogP) is 4.18. The Kier molecular flexibility index (Phi) is 4.12. The molecular formula is C19H25N3S. The number of rotatable bonds is 3. The van der Waals surface area contributed by atoms with Crippen molar-refractivity contribution in [1.29, 1.82) is 0 Å². The summed E-state index contributed by atoms with van der Waals surface area (Å²) < 4.78 is 0. The van der Waals surface area contributed by atoms with Gasteiger partial charge in [0.1, 0.15) is 5.01 Å². The summed E-state index contributed by atoms with van der Waals surface area (Å²) in [5.41, 5.74) is 3.95. The van der Waals surface area contributed by atoms with Gasteiger partial charge in [-0.2, -0.15) is 0 Å². The summed E-state index contributed by atoms with van der Waals surface area (Å²) in [6, 6.07) is 9.65. The van der Waals surface area contributed by atoms with Crippen LogP contribution in [0.3, 0.4) is 0 Å². The fraction of sp³-hybridized carbons (Fsp3) is 0.526. The highest BCUT2D eigenvalue weighted by atomic mass is 32.1. The maximum Gasteiger partial charge on any atom is 0.123 e. The molecule has 0 amide bonds. The number of fused-ring (bicyclic) bond motifs is 1. The van der Waals surface area contributed by atoms with Gasteiger partial charge in [-0.15, -0.1) is 11.3 Å². The van der Waals surface area contributed by atoms with Crippen molar-refractivity contribution in [2.24, 2.45) is 0 Å². The summed E-state index contributed by atoms with van der Waals surface area (Å²) in [6.45, 7) is 9.18. The fourth-order valence-corrected chi connectivity index (χ4v) is 4.71. The van der Waals surface area contributed by atoms with E-state index >= 15 is 0 Å². The largest absolute Gasteiger partial charge is 0.372 e. The molecule has 0 spiro atoms. The SMILES string of the molecule is CC(C)N1CCc2nc(-c3ccc(N4CCCC4)cc3)sc2C1. The van der Waals surface area contributed by atoms with E-state index in [1.165, 1.54) is 52.8 Å². The molecule has 0 atom stereocenters. The number of hydrogen-bond acceptors (Lipinski definition) is 4. The predicted molar refractivity (Wildman–Crippen MR) is 98.2 cm³/mol. The molecule has 1 saturated heterocycles. The van der Waals surface area contributed by atoms with E-state index in [4.69, 9.17) is 4.98 Å². The molecule has 0 radical (unpaired) electrons. The van der Waals surface area contributed by atoms with Gasteiger partial charge in [0.15, 0.2) is 0 Å². The normalized spacial score (nSPS) is 18.7. The lowest BCUT2D eigenvalue weighted by Gasteiger charge is -2.29. The van der Waals surface area contributed by atoms with Crippen molar-refractivity contribution in [3.63, 3.8) is 0 Å². The van der Waals surface area contributed by atoms with Crippen molar-refractivity contribution in [3.8, 4) is 10.6 Å². The van der Waals surface area contributed by atoms with Crippen LogP contribution in [0.2, 0.25) is 0 Å². The average molecular weight is 327 g/mol. The minimum atomic E-state index is 0.619. The Morgan fingerprint density at radius 2 is 1.78 bits per heavy atom. The second-order valence-electron chi connectivity index (χ2n) is 6.94. The number of hydrogen-bond donors (Lipinski definition) is 0. The van der Waals surface area contributed by atoms with Gasteiger partial charge in [0.25, 0.3) is 0 Å². The lowest BCUT2D eigenvalue weighted by Crippen LogP contribution is -2.35. The first-order chi connectivity index (χ1) is 11.2. The summed E-state index contributed by atoms with van der Waals surface area (Å²) >= 11 is 1.88. The molecule has 23 heavy (non-hydrogen) atoms. The van der Waals surface area contributed by atoms with Crippen molar-refractivity contribution in [1.82, 2.24) is 9.88 Å². The van der Waals surface area contributed by atoms with E-state index in [9.17, 15) is 0 Å². The summed E-state index contributed by atoms with van der Waals surface area (Å²) in [4.78, 5) is 11.4. The fourth-order valence-electron chi connectivity index (χ4n) is 3.57. The summed E-state index contributed by atoms with van der Waals surface area (Å²) in [5.74, 6) is 0. The van der Waals surface area contributed by atoms with Crippen LogP contribution >= 0.6 is 11.3 Å². The molecule has 2 aliphatic rings. The maximum absolute atomic E-state index is 4.92. The Balaban J connectivity index is 1.54. The van der Waals surface area contributed by atoms with Crippen molar-refractivity contribution in [2.75, 3.05) is 24.5 Å². The molecule has 1 fully saturated rings. The molecule has 3 heterocycles. The molecule has 0 saturated carbocycles. The first kappa shape index (κ1) is 15.2. The van der Waals surface area contributed by atoms with Crippen LogP contribution in [0.25, 0.3) is 10.6 Å². The number of benzene rings is 1. The van der Waals surface area contributed by atoms with Crippen LogP contribution in [0, 0.1) is 0 Å². The Hall–Kier alpha value is -1.39. The third kappa shape index (κ3) is 3.02. The molecule has 3 nitrogen and oxygen atoms in total. The summed E-state index contributed by atoms with van der Waals surface area (Å²) in [7, 11) is 0. The number of anilines is 1. The first-order valence-corrected chi connectivity index (χ1v) is 9.60. The maximum atomic E-state index is 4.92. The molecule has 0 N–H and O–H groups in total. The van der Waals surface area contributed by atoms with Gasteiger partial charge in [-0.3, -0.25) is 4.90 Å². The van der Waals surface area contributed by atoms with E-state index in [1.54, 1.807) is 0 Å². The highest BCUT2D eigenvalue weighted by molar-refractivity contribution is 7.15. The minimum absolute atomic E-state index is 0.619. The second-order valence-corrected chi connectivity index (χ2v) is 8.03. The third-order valence-corrected chi connectivity index (χ3v) is 6.21. The van der Waals surface area contributed by atoms with Crippen LogP contribution in [0.1, 0.15) is 37.3 Å². The second kappa shape index (κ2) is 6.25. The zero-order valence-corrected chi connectivity index (χ0v) is 14.9. The first-order valence-electron chi connectivity index (χ1n) is 8.79. The smallest absolute Gasteiger partial charge is 0.123 e. The van der Waals surface area contributed by atoms with Gasteiger partial charge >= 0.3 is 0 Å². The van der Waals surface area contributed by atoms with Crippen molar-refractivity contribution >= 4 is 17.0 Å². The highest BCUT2D eigenvalue weighted by Crippen LogP contribution is 2.33. The van der Waals surface area contributed by atoms with E-state index in [0.717, 1.165) is 19.5 Å². The van der Waals surface area contributed by atoms with Gasteiger partial charge in [0.2, 0.25) is 0 Å². The zero-order chi connectivity index (χ0) is 15.8. The van der Waals surface area contributed by atoms with Crippen molar-refractivity contribution in [2.45, 2.75) is 45.7 Å². The zero-order valence-electron chi connectivity index (χ0n) is 14.1. The lowest BCUT2D eigenvalue weighted by atomic mass is 10.1. The number of nitrogens with zero attached hydrogens (tertiary/aromatic N) is 3. The molecule has 0 aliphatic carbocycles. The Morgan fingerprint density at radius 3 is 2.48 bits per heavy atom. The Labute approximate surface area is 143 Å². The van der Waals surface area contributed by atoms with Crippen LogP contribution in [-0.4, -0.2) is 35.6 Å². The molecule has 1 aromatic heterocycles. The molecule has 2 aliphatic heterocycles. The lowest BCUT2D eigenvalue weighted by molar-refractivity contribution is 0.205. The van der Waals surface area contributed by atoms with E-state index in [1.807, 2.05) is 11.3 Å². The van der Waals surface area contributed by atoms with E-state index in [-0.39, 0.29) is 0 Å². The van der Waals surface area contributed by atoms with E-state index in [2.05, 4.69) is 47.9 Å². The van der Waals surface area contributed by atoms with Crippen LogP contribution in [0.4, 0.5) is 5.69 Å². The van der Waals surface area contributed by atoms with Gasteiger partial charge in [-0.25, -0.2) is 4.98 Å². The molecule has 4 heteroatoms. The molecular weight excluding hydrogens is 302 g/mol. The minimum Gasteiger partial charge on any atom is -0.372 e. The molecule has 2 aromatic rings. The van der Waals surface area contributed by atoms with E-state index < -0.39 is 0 Å². The monoisotopic (exact) mass is 327 g/mol. The molecule has 122 valence electrons. The Morgan fingerprint density at radius 1 is 1.04 bits per heavy atom. The Bertz CT molecular complexity index is 668. The van der Waals surface area contributed by atoms with Gasteiger partial charge in [0.05, 0.1) is 5.69 Å². The quantitative estimate of drug-likeness (QED) is 0.843.